The van der Waals surface area contributed by atoms with Crippen molar-refractivity contribution in [2.45, 2.75) is 13.5 Å². The highest BCUT2D eigenvalue weighted by Gasteiger charge is 2.05. The van der Waals surface area contributed by atoms with Crippen molar-refractivity contribution in [2.24, 2.45) is 0 Å². The first kappa shape index (κ1) is 17.5. The van der Waals surface area contributed by atoms with Crippen LogP contribution in [0.2, 0.25) is 10.0 Å². The van der Waals surface area contributed by atoms with Crippen LogP contribution in [0.1, 0.15) is 11.4 Å². The number of benzene rings is 2. The van der Waals surface area contributed by atoms with Gasteiger partial charge in [-0.25, -0.2) is 14.4 Å². The van der Waals surface area contributed by atoms with Gasteiger partial charge in [-0.15, -0.1) is 0 Å². The van der Waals surface area contributed by atoms with E-state index in [0.29, 0.717) is 34.7 Å². The Bertz CT molecular complexity index is 885. The maximum Gasteiger partial charge on any atom is 0.141 e. The molecule has 0 bridgehead atoms. The second-order valence-corrected chi connectivity index (χ2v) is 6.26. The quantitative estimate of drug-likeness (QED) is 0.609. The summed E-state index contributed by atoms with van der Waals surface area (Å²) in [7, 11) is 0. The van der Waals surface area contributed by atoms with Crippen LogP contribution < -0.4 is 10.6 Å². The summed E-state index contributed by atoms with van der Waals surface area (Å²) in [5.74, 6) is 1.42. The molecule has 3 rings (SSSR count). The minimum absolute atomic E-state index is 0.0527. The van der Waals surface area contributed by atoms with Crippen molar-refractivity contribution in [2.75, 3.05) is 10.6 Å². The van der Waals surface area contributed by atoms with Gasteiger partial charge in [0.05, 0.1) is 5.02 Å². The Balaban J connectivity index is 1.73. The van der Waals surface area contributed by atoms with Crippen molar-refractivity contribution in [3.63, 3.8) is 0 Å². The number of hydrogen-bond acceptors (Lipinski definition) is 4. The van der Waals surface area contributed by atoms with Gasteiger partial charge in [-0.3, -0.25) is 0 Å². The lowest BCUT2D eigenvalue weighted by Gasteiger charge is -2.11. The SMILES string of the molecule is Cc1nc(NCc2ccc(Cl)cc2)cc(Nc2ccc(F)c(Cl)c2)n1. The fourth-order valence-corrected chi connectivity index (χ4v) is 2.55. The number of halogens is 3. The molecule has 1 heterocycles. The summed E-state index contributed by atoms with van der Waals surface area (Å²) in [6, 6.07) is 13.8. The fourth-order valence-electron chi connectivity index (χ4n) is 2.24. The van der Waals surface area contributed by atoms with E-state index >= 15 is 0 Å². The van der Waals surface area contributed by atoms with E-state index in [1.165, 1.54) is 12.1 Å². The molecule has 128 valence electrons. The molecule has 2 aromatic carbocycles. The van der Waals surface area contributed by atoms with E-state index in [0.717, 1.165) is 5.56 Å². The topological polar surface area (TPSA) is 49.8 Å². The summed E-state index contributed by atoms with van der Waals surface area (Å²) >= 11 is 11.7. The van der Waals surface area contributed by atoms with Crippen molar-refractivity contribution in [1.29, 1.82) is 0 Å². The Morgan fingerprint density at radius 1 is 0.960 bits per heavy atom. The zero-order valence-corrected chi connectivity index (χ0v) is 14.9. The monoisotopic (exact) mass is 376 g/mol. The highest BCUT2D eigenvalue weighted by atomic mass is 35.5. The molecule has 0 aliphatic rings. The first-order valence-electron chi connectivity index (χ1n) is 7.56. The average molecular weight is 377 g/mol. The Morgan fingerprint density at radius 2 is 1.68 bits per heavy atom. The van der Waals surface area contributed by atoms with E-state index in [1.54, 1.807) is 19.1 Å². The van der Waals surface area contributed by atoms with Crippen molar-refractivity contribution in [1.82, 2.24) is 9.97 Å². The number of nitrogens with zero attached hydrogens (tertiary/aromatic N) is 2. The molecule has 0 aliphatic heterocycles. The third kappa shape index (κ3) is 4.81. The van der Waals surface area contributed by atoms with E-state index < -0.39 is 5.82 Å². The summed E-state index contributed by atoms with van der Waals surface area (Å²) in [6.45, 7) is 2.41. The van der Waals surface area contributed by atoms with E-state index in [9.17, 15) is 4.39 Å². The van der Waals surface area contributed by atoms with Crippen molar-refractivity contribution < 1.29 is 4.39 Å². The van der Waals surface area contributed by atoms with Crippen LogP contribution in [0.15, 0.2) is 48.5 Å². The lowest BCUT2D eigenvalue weighted by Crippen LogP contribution is -2.05. The normalized spacial score (nSPS) is 10.6. The van der Waals surface area contributed by atoms with Crippen LogP contribution in [0.4, 0.5) is 21.7 Å². The van der Waals surface area contributed by atoms with Gasteiger partial charge in [0.2, 0.25) is 0 Å². The maximum absolute atomic E-state index is 13.2. The van der Waals surface area contributed by atoms with Crippen LogP contribution in [0, 0.1) is 12.7 Å². The van der Waals surface area contributed by atoms with Crippen LogP contribution in [0.5, 0.6) is 0 Å². The molecule has 0 saturated carbocycles. The molecular weight excluding hydrogens is 362 g/mol. The molecule has 7 heteroatoms. The van der Waals surface area contributed by atoms with Crippen LogP contribution >= 0.6 is 23.2 Å². The van der Waals surface area contributed by atoms with Crippen LogP contribution in [-0.2, 0) is 6.54 Å². The summed E-state index contributed by atoms with van der Waals surface area (Å²) in [5.41, 5.74) is 1.73. The lowest BCUT2D eigenvalue weighted by molar-refractivity contribution is 0.628. The molecule has 0 unspecified atom stereocenters. The van der Waals surface area contributed by atoms with Crippen LogP contribution in [-0.4, -0.2) is 9.97 Å². The zero-order chi connectivity index (χ0) is 17.8. The van der Waals surface area contributed by atoms with Crippen molar-refractivity contribution in [3.05, 3.63) is 75.8 Å². The van der Waals surface area contributed by atoms with Gasteiger partial charge < -0.3 is 10.6 Å². The molecule has 1 aromatic heterocycles. The highest BCUT2D eigenvalue weighted by Crippen LogP contribution is 2.23. The molecule has 4 nitrogen and oxygen atoms in total. The van der Waals surface area contributed by atoms with Gasteiger partial charge in [0.15, 0.2) is 0 Å². The van der Waals surface area contributed by atoms with Gasteiger partial charge in [0.25, 0.3) is 0 Å². The molecule has 0 spiro atoms. The van der Waals surface area contributed by atoms with E-state index in [2.05, 4.69) is 20.6 Å². The molecule has 2 N–H and O–H groups in total. The lowest BCUT2D eigenvalue weighted by atomic mass is 10.2. The second kappa shape index (κ2) is 7.68. The van der Waals surface area contributed by atoms with E-state index in [-0.39, 0.29) is 5.02 Å². The number of rotatable bonds is 5. The molecule has 0 radical (unpaired) electrons. The second-order valence-electron chi connectivity index (χ2n) is 5.42. The fraction of sp³-hybridized carbons (Fsp3) is 0.111. The highest BCUT2D eigenvalue weighted by molar-refractivity contribution is 6.31. The van der Waals surface area contributed by atoms with Gasteiger partial charge in [0.1, 0.15) is 23.3 Å². The Morgan fingerprint density at radius 3 is 2.40 bits per heavy atom. The number of anilines is 3. The number of nitrogens with one attached hydrogen (secondary N) is 2. The predicted molar refractivity (Wildman–Crippen MR) is 100 cm³/mol. The average Bonchev–Trinajstić information content (AvgIpc) is 2.57. The molecule has 0 fully saturated rings. The molecule has 0 aliphatic carbocycles. The molecule has 0 saturated heterocycles. The maximum atomic E-state index is 13.2. The number of aryl methyl sites for hydroxylation is 1. The minimum atomic E-state index is -0.462. The Kier molecular flexibility index (Phi) is 5.36. The summed E-state index contributed by atoms with van der Waals surface area (Å²) in [4.78, 5) is 8.70. The Labute approximate surface area is 155 Å². The first-order chi connectivity index (χ1) is 12.0. The summed E-state index contributed by atoms with van der Waals surface area (Å²) in [6.07, 6.45) is 0. The molecule has 3 aromatic rings. The minimum Gasteiger partial charge on any atom is -0.366 e. The van der Waals surface area contributed by atoms with E-state index in [1.807, 2.05) is 24.3 Å². The van der Waals surface area contributed by atoms with Crippen molar-refractivity contribution in [3.8, 4) is 0 Å². The third-order valence-electron chi connectivity index (χ3n) is 3.42. The van der Waals surface area contributed by atoms with Gasteiger partial charge >= 0.3 is 0 Å². The molecule has 0 amide bonds. The van der Waals surface area contributed by atoms with Crippen LogP contribution in [0.25, 0.3) is 0 Å². The Hall–Kier alpha value is -2.37. The predicted octanol–water partition coefficient (Wildman–Crippen LogP) is 5.59. The largest absolute Gasteiger partial charge is 0.366 e. The van der Waals surface area contributed by atoms with Crippen LogP contribution in [0.3, 0.4) is 0 Å². The number of aromatic nitrogens is 2. The number of hydrogen-bond donors (Lipinski definition) is 2. The zero-order valence-electron chi connectivity index (χ0n) is 13.4. The molecule has 0 atom stereocenters. The summed E-state index contributed by atoms with van der Waals surface area (Å²) in [5, 5.41) is 7.10. The molecular formula is C18H15Cl2FN4. The standard InChI is InChI=1S/C18H15Cl2FN4/c1-11-23-17(22-10-12-2-4-13(19)5-3-12)9-18(24-11)25-14-6-7-16(21)15(20)8-14/h2-9H,10H2,1H3,(H2,22,23,24,25). The van der Waals surface area contributed by atoms with E-state index in [4.69, 9.17) is 23.2 Å². The van der Waals surface area contributed by atoms with Crippen molar-refractivity contribution >= 4 is 40.5 Å². The molecule has 25 heavy (non-hydrogen) atoms. The van der Waals surface area contributed by atoms with Gasteiger partial charge in [-0.05, 0) is 42.8 Å². The van der Waals surface area contributed by atoms with Gasteiger partial charge in [-0.1, -0.05) is 35.3 Å². The summed E-state index contributed by atoms with van der Waals surface area (Å²) < 4.78 is 13.2. The van der Waals surface area contributed by atoms with Gasteiger partial charge in [0, 0.05) is 23.3 Å². The smallest absolute Gasteiger partial charge is 0.141 e. The first-order valence-corrected chi connectivity index (χ1v) is 8.31. The third-order valence-corrected chi connectivity index (χ3v) is 3.96. The van der Waals surface area contributed by atoms with Gasteiger partial charge in [-0.2, -0.15) is 0 Å².